The van der Waals surface area contributed by atoms with Crippen LogP contribution in [0.2, 0.25) is 0 Å². The van der Waals surface area contributed by atoms with Crippen LogP contribution >= 0.6 is 0 Å². The molecule has 1 rings (SSSR count). The summed E-state index contributed by atoms with van der Waals surface area (Å²) >= 11 is 0. The van der Waals surface area contributed by atoms with Crippen molar-refractivity contribution in [3.63, 3.8) is 0 Å². The van der Waals surface area contributed by atoms with Gasteiger partial charge in [-0.1, -0.05) is 0 Å². The molecule has 0 N–H and O–H groups in total. The van der Waals surface area contributed by atoms with Gasteiger partial charge in [-0.25, -0.2) is 0 Å². The highest BCUT2D eigenvalue weighted by molar-refractivity contribution is 5.06. The lowest BCUT2D eigenvalue weighted by molar-refractivity contribution is 0.768. The fourth-order valence-electron chi connectivity index (χ4n) is 0.758. The van der Waals surface area contributed by atoms with E-state index in [1.807, 2.05) is 0 Å². The van der Waals surface area contributed by atoms with E-state index in [4.69, 9.17) is 0 Å². The lowest BCUT2D eigenvalue weighted by Crippen LogP contribution is -1.86. The molecule has 1 aromatic heterocycles. The highest BCUT2D eigenvalue weighted by Gasteiger charge is 1.84. The maximum atomic E-state index is 2.16. The van der Waals surface area contributed by atoms with Gasteiger partial charge in [0.15, 0.2) is 0 Å². The predicted octanol–water partition coefficient (Wildman–Crippen LogP) is 1.82. The maximum Gasteiger partial charge on any atom is 0.0191 e. The van der Waals surface area contributed by atoms with Crippen LogP contribution in [-0.2, 0) is 6.54 Å². The zero-order chi connectivity index (χ0) is 5.98. The van der Waals surface area contributed by atoms with Gasteiger partial charge in [0.1, 0.15) is 0 Å². The Kier molecular flexibility index (Phi) is 1.38. The molecule has 0 saturated heterocycles. The molecule has 0 saturated carbocycles. The molecule has 0 atom stereocenters. The third kappa shape index (κ3) is 0.915. The first kappa shape index (κ1) is 5.42. The monoisotopic (exact) mass is 109 g/mol. The minimum atomic E-state index is 1.08. The second kappa shape index (κ2) is 2.03. The lowest BCUT2D eigenvalue weighted by Gasteiger charge is -1.90. The molecule has 0 radical (unpaired) electrons. The van der Waals surface area contributed by atoms with E-state index in [1.54, 1.807) is 0 Å². The van der Waals surface area contributed by atoms with Crippen molar-refractivity contribution in [1.82, 2.24) is 4.57 Å². The molecule has 0 aliphatic heterocycles. The highest BCUT2D eigenvalue weighted by atomic mass is 14.9. The van der Waals surface area contributed by atoms with Crippen LogP contribution in [-0.4, -0.2) is 4.57 Å². The Bertz CT molecular complexity index is 165. The Morgan fingerprint density at radius 2 is 2.38 bits per heavy atom. The molecular formula is C7H11N. The minimum absolute atomic E-state index is 1.08. The van der Waals surface area contributed by atoms with Gasteiger partial charge in [-0.2, -0.15) is 0 Å². The molecule has 44 valence electrons. The van der Waals surface area contributed by atoms with Gasteiger partial charge in [-0.05, 0) is 25.5 Å². The van der Waals surface area contributed by atoms with E-state index in [-0.39, 0.29) is 0 Å². The summed E-state index contributed by atoms with van der Waals surface area (Å²) in [7, 11) is 0. The summed E-state index contributed by atoms with van der Waals surface area (Å²) in [4.78, 5) is 0. The summed E-state index contributed by atoms with van der Waals surface area (Å²) in [5, 5.41) is 0. The van der Waals surface area contributed by atoms with Crippen molar-refractivity contribution in [2.45, 2.75) is 20.4 Å². The Hall–Kier alpha value is -0.720. The first-order chi connectivity index (χ1) is 3.83. The van der Waals surface area contributed by atoms with Crippen molar-refractivity contribution in [3.8, 4) is 0 Å². The quantitative estimate of drug-likeness (QED) is 0.518. The fraction of sp³-hybridized carbons (Fsp3) is 0.429. The molecule has 0 spiro atoms. The van der Waals surface area contributed by atoms with Crippen LogP contribution in [0.15, 0.2) is 18.5 Å². The Morgan fingerprint density at radius 1 is 1.62 bits per heavy atom. The van der Waals surface area contributed by atoms with Crippen LogP contribution in [0.4, 0.5) is 0 Å². The molecule has 0 aromatic carbocycles. The van der Waals surface area contributed by atoms with Gasteiger partial charge in [-0.15, -0.1) is 0 Å². The summed E-state index contributed by atoms with van der Waals surface area (Å²) in [6.45, 7) is 5.32. The van der Waals surface area contributed by atoms with E-state index in [2.05, 4.69) is 36.9 Å². The normalized spacial score (nSPS) is 9.75. The Labute approximate surface area is 49.9 Å². The van der Waals surface area contributed by atoms with Crippen molar-refractivity contribution in [2.24, 2.45) is 0 Å². The van der Waals surface area contributed by atoms with Crippen molar-refractivity contribution in [3.05, 3.63) is 24.0 Å². The fourth-order valence-corrected chi connectivity index (χ4v) is 0.758. The Morgan fingerprint density at radius 3 is 2.62 bits per heavy atom. The zero-order valence-electron chi connectivity index (χ0n) is 5.39. The van der Waals surface area contributed by atoms with Gasteiger partial charge in [0, 0.05) is 18.9 Å². The predicted molar refractivity (Wildman–Crippen MR) is 34.8 cm³/mol. The van der Waals surface area contributed by atoms with Crippen LogP contribution in [0.1, 0.15) is 12.5 Å². The smallest absolute Gasteiger partial charge is 0.0191 e. The van der Waals surface area contributed by atoms with Crippen molar-refractivity contribution >= 4 is 0 Å². The summed E-state index contributed by atoms with van der Waals surface area (Å²) < 4.78 is 2.16. The van der Waals surface area contributed by atoms with Crippen molar-refractivity contribution in [2.75, 3.05) is 0 Å². The number of rotatable bonds is 1. The van der Waals surface area contributed by atoms with Crippen molar-refractivity contribution in [1.29, 1.82) is 0 Å². The molecular weight excluding hydrogens is 98.1 g/mol. The maximum absolute atomic E-state index is 2.16. The molecule has 0 aliphatic carbocycles. The molecule has 0 bridgehead atoms. The van der Waals surface area contributed by atoms with Crippen molar-refractivity contribution < 1.29 is 0 Å². The van der Waals surface area contributed by atoms with Crippen LogP contribution < -0.4 is 0 Å². The first-order valence-electron chi connectivity index (χ1n) is 2.95. The largest absolute Gasteiger partial charge is 0.354 e. The number of aromatic nitrogens is 1. The Balaban J connectivity index is 2.84. The van der Waals surface area contributed by atoms with E-state index < -0.39 is 0 Å². The van der Waals surface area contributed by atoms with Gasteiger partial charge in [0.05, 0.1) is 0 Å². The summed E-state index contributed by atoms with van der Waals surface area (Å²) in [5.41, 5.74) is 1.34. The third-order valence-corrected chi connectivity index (χ3v) is 1.26. The SMILES string of the molecule is CCn1ccc(C)c1. The van der Waals surface area contributed by atoms with Crippen LogP contribution in [0.5, 0.6) is 0 Å². The second-order valence-corrected chi connectivity index (χ2v) is 2.02. The van der Waals surface area contributed by atoms with Crippen LogP contribution in [0, 0.1) is 6.92 Å². The number of nitrogens with zero attached hydrogens (tertiary/aromatic N) is 1. The third-order valence-electron chi connectivity index (χ3n) is 1.26. The van der Waals surface area contributed by atoms with Crippen LogP contribution in [0.3, 0.4) is 0 Å². The van der Waals surface area contributed by atoms with Gasteiger partial charge in [0.25, 0.3) is 0 Å². The van der Waals surface area contributed by atoms with E-state index in [0.29, 0.717) is 0 Å². The zero-order valence-corrected chi connectivity index (χ0v) is 5.39. The molecule has 1 heterocycles. The first-order valence-corrected chi connectivity index (χ1v) is 2.95. The van der Waals surface area contributed by atoms with Gasteiger partial charge in [-0.3, -0.25) is 0 Å². The second-order valence-electron chi connectivity index (χ2n) is 2.02. The number of hydrogen-bond donors (Lipinski definition) is 0. The van der Waals surface area contributed by atoms with Crippen LogP contribution in [0.25, 0.3) is 0 Å². The molecule has 1 aromatic rings. The summed E-state index contributed by atoms with van der Waals surface area (Å²) in [5.74, 6) is 0. The molecule has 0 unspecified atom stereocenters. The van der Waals surface area contributed by atoms with Gasteiger partial charge < -0.3 is 4.57 Å². The number of aryl methyl sites for hydroxylation is 2. The topological polar surface area (TPSA) is 4.93 Å². The number of hydrogen-bond acceptors (Lipinski definition) is 0. The standard InChI is InChI=1S/C7H11N/c1-3-8-5-4-7(2)6-8/h4-6H,3H2,1-2H3. The molecule has 0 amide bonds. The average molecular weight is 109 g/mol. The molecule has 1 heteroatoms. The van der Waals surface area contributed by atoms with E-state index >= 15 is 0 Å². The molecule has 1 nitrogen and oxygen atoms in total. The minimum Gasteiger partial charge on any atom is -0.354 e. The lowest BCUT2D eigenvalue weighted by atomic mass is 10.4. The van der Waals surface area contributed by atoms with E-state index in [0.717, 1.165) is 6.54 Å². The average Bonchev–Trinajstić information content (AvgIpc) is 2.14. The highest BCUT2D eigenvalue weighted by Crippen LogP contribution is 1.96. The van der Waals surface area contributed by atoms with Gasteiger partial charge >= 0.3 is 0 Å². The molecule has 0 fully saturated rings. The molecule has 8 heavy (non-hydrogen) atoms. The molecule has 0 aliphatic rings. The van der Waals surface area contributed by atoms with E-state index in [9.17, 15) is 0 Å². The van der Waals surface area contributed by atoms with Gasteiger partial charge in [0.2, 0.25) is 0 Å². The summed E-state index contributed by atoms with van der Waals surface area (Å²) in [6, 6.07) is 2.11. The summed E-state index contributed by atoms with van der Waals surface area (Å²) in [6.07, 6.45) is 4.23. The van der Waals surface area contributed by atoms with E-state index in [1.165, 1.54) is 5.56 Å².